The third kappa shape index (κ3) is 2.83. The number of halogens is 1. The van der Waals surface area contributed by atoms with Crippen molar-refractivity contribution in [1.82, 2.24) is 9.80 Å². The van der Waals surface area contributed by atoms with Crippen LogP contribution in [0.3, 0.4) is 0 Å². The summed E-state index contributed by atoms with van der Waals surface area (Å²) in [5.74, 6) is -0.193. The number of carbonyl (C=O) groups excluding carboxylic acids is 2. The van der Waals surface area contributed by atoms with Gasteiger partial charge in [-0.25, -0.2) is 0 Å². The minimum absolute atomic E-state index is 0.0309. The summed E-state index contributed by atoms with van der Waals surface area (Å²) in [6.07, 6.45) is 0. The van der Waals surface area contributed by atoms with Gasteiger partial charge in [0.25, 0.3) is 5.91 Å². The van der Waals surface area contributed by atoms with E-state index in [1.54, 1.807) is 21.9 Å². The molecule has 6 heteroatoms. The first-order valence-electron chi connectivity index (χ1n) is 8.62. The SMILES string of the molecule is O=C(c1ccccc1)N1CC(=O)N2[C@H](CO)[C@@H](c3ccc(Br)cc3)[C@@H]2C1. The number of piperazine rings is 1. The van der Waals surface area contributed by atoms with E-state index >= 15 is 0 Å². The van der Waals surface area contributed by atoms with Gasteiger partial charge in [0.15, 0.2) is 0 Å². The van der Waals surface area contributed by atoms with Crippen molar-refractivity contribution in [2.45, 2.75) is 18.0 Å². The predicted molar refractivity (Wildman–Crippen MR) is 101 cm³/mol. The maximum atomic E-state index is 12.8. The van der Waals surface area contributed by atoms with E-state index in [4.69, 9.17) is 0 Å². The molecule has 2 aromatic rings. The average Bonchev–Trinajstić information content (AvgIpc) is 2.65. The molecule has 0 saturated carbocycles. The molecule has 0 radical (unpaired) electrons. The van der Waals surface area contributed by atoms with Gasteiger partial charge in [-0.3, -0.25) is 9.59 Å². The van der Waals surface area contributed by atoms with E-state index in [0.29, 0.717) is 12.1 Å². The molecule has 2 fully saturated rings. The van der Waals surface area contributed by atoms with Gasteiger partial charge in [-0.1, -0.05) is 46.3 Å². The van der Waals surface area contributed by atoms with Crippen LogP contribution in [-0.4, -0.2) is 58.5 Å². The monoisotopic (exact) mass is 414 g/mol. The summed E-state index contributed by atoms with van der Waals surface area (Å²) in [5, 5.41) is 9.80. The molecule has 26 heavy (non-hydrogen) atoms. The zero-order valence-electron chi connectivity index (χ0n) is 14.1. The second-order valence-electron chi connectivity index (χ2n) is 6.75. The summed E-state index contributed by atoms with van der Waals surface area (Å²) in [4.78, 5) is 28.8. The number of carbonyl (C=O) groups is 2. The number of nitrogens with zero attached hydrogens (tertiary/aromatic N) is 2. The Morgan fingerprint density at radius 2 is 1.81 bits per heavy atom. The molecule has 1 N–H and O–H groups in total. The number of rotatable bonds is 3. The first kappa shape index (κ1) is 17.2. The van der Waals surface area contributed by atoms with Gasteiger partial charge in [-0.15, -0.1) is 0 Å². The van der Waals surface area contributed by atoms with Crippen molar-refractivity contribution < 1.29 is 14.7 Å². The van der Waals surface area contributed by atoms with E-state index in [1.165, 1.54) is 0 Å². The number of hydrogen-bond donors (Lipinski definition) is 1. The molecule has 2 aliphatic rings. The summed E-state index contributed by atoms with van der Waals surface area (Å²) in [7, 11) is 0. The van der Waals surface area contributed by atoms with Gasteiger partial charge in [0.05, 0.1) is 18.7 Å². The zero-order valence-corrected chi connectivity index (χ0v) is 15.7. The molecule has 3 atom stereocenters. The highest BCUT2D eigenvalue weighted by Gasteiger charge is 2.54. The number of hydrogen-bond acceptors (Lipinski definition) is 3. The van der Waals surface area contributed by atoms with Crippen molar-refractivity contribution >= 4 is 27.7 Å². The Kier molecular flexibility index (Phi) is 4.54. The fourth-order valence-corrected chi connectivity index (χ4v) is 4.37. The number of aliphatic hydroxyl groups excluding tert-OH is 1. The first-order valence-corrected chi connectivity index (χ1v) is 9.41. The molecule has 134 valence electrons. The summed E-state index contributed by atoms with van der Waals surface area (Å²) in [5.41, 5.74) is 1.67. The summed E-state index contributed by atoms with van der Waals surface area (Å²) < 4.78 is 0.985. The summed E-state index contributed by atoms with van der Waals surface area (Å²) in [6, 6.07) is 16.7. The highest BCUT2D eigenvalue weighted by atomic mass is 79.9. The maximum Gasteiger partial charge on any atom is 0.254 e. The van der Waals surface area contributed by atoms with E-state index in [9.17, 15) is 14.7 Å². The third-order valence-corrected chi connectivity index (χ3v) is 5.84. The van der Waals surface area contributed by atoms with Gasteiger partial charge < -0.3 is 14.9 Å². The van der Waals surface area contributed by atoms with Crippen molar-refractivity contribution in [2.75, 3.05) is 19.7 Å². The lowest BCUT2D eigenvalue weighted by Crippen LogP contribution is -2.73. The fraction of sp³-hybridized carbons (Fsp3) is 0.300. The van der Waals surface area contributed by atoms with Gasteiger partial charge in [-0.05, 0) is 29.8 Å². The van der Waals surface area contributed by atoms with Crippen LogP contribution in [0.5, 0.6) is 0 Å². The van der Waals surface area contributed by atoms with Crippen LogP contribution < -0.4 is 0 Å². The van der Waals surface area contributed by atoms with Crippen LogP contribution in [-0.2, 0) is 4.79 Å². The predicted octanol–water partition coefficient (Wildman–Crippen LogP) is 2.26. The molecule has 0 aliphatic carbocycles. The van der Waals surface area contributed by atoms with Crippen LogP contribution in [0, 0.1) is 0 Å². The van der Waals surface area contributed by atoms with Crippen molar-refractivity contribution in [3.8, 4) is 0 Å². The second kappa shape index (κ2) is 6.85. The fourth-order valence-electron chi connectivity index (χ4n) is 4.10. The minimum atomic E-state index is -0.220. The Morgan fingerprint density at radius 3 is 2.46 bits per heavy atom. The number of benzene rings is 2. The first-order chi connectivity index (χ1) is 12.6. The average molecular weight is 415 g/mol. The Hall–Kier alpha value is -2.18. The van der Waals surface area contributed by atoms with Crippen LogP contribution in [0.15, 0.2) is 59.1 Å². The highest BCUT2D eigenvalue weighted by molar-refractivity contribution is 9.10. The molecule has 0 unspecified atom stereocenters. The third-order valence-electron chi connectivity index (χ3n) is 5.32. The highest BCUT2D eigenvalue weighted by Crippen LogP contribution is 2.43. The molecule has 0 spiro atoms. The smallest absolute Gasteiger partial charge is 0.254 e. The van der Waals surface area contributed by atoms with E-state index in [-0.39, 0.29) is 43.0 Å². The Labute approximate surface area is 160 Å². The molecule has 2 saturated heterocycles. The molecular weight excluding hydrogens is 396 g/mol. The molecule has 2 aromatic carbocycles. The van der Waals surface area contributed by atoms with E-state index in [0.717, 1.165) is 10.0 Å². The van der Waals surface area contributed by atoms with Crippen molar-refractivity contribution in [3.63, 3.8) is 0 Å². The van der Waals surface area contributed by atoms with Gasteiger partial charge in [0.1, 0.15) is 6.54 Å². The topological polar surface area (TPSA) is 60.9 Å². The number of fused-ring (bicyclic) bond motifs is 1. The molecule has 0 bridgehead atoms. The maximum absolute atomic E-state index is 12.8. The van der Waals surface area contributed by atoms with Crippen LogP contribution in [0.4, 0.5) is 0 Å². The van der Waals surface area contributed by atoms with E-state index in [1.807, 2.05) is 42.5 Å². The Bertz CT molecular complexity index is 825. The van der Waals surface area contributed by atoms with Crippen LogP contribution >= 0.6 is 15.9 Å². The molecule has 2 heterocycles. The van der Waals surface area contributed by atoms with Crippen molar-refractivity contribution in [3.05, 3.63) is 70.2 Å². The number of amides is 2. The van der Waals surface area contributed by atoms with Gasteiger partial charge in [-0.2, -0.15) is 0 Å². The molecule has 5 nitrogen and oxygen atoms in total. The van der Waals surface area contributed by atoms with Crippen LogP contribution in [0.1, 0.15) is 21.8 Å². The molecular formula is C20H19BrN2O3. The van der Waals surface area contributed by atoms with Gasteiger partial charge in [0.2, 0.25) is 5.91 Å². The Balaban J connectivity index is 1.59. The van der Waals surface area contributed by atoms with Crippen LogP contribution in [0.2, 0.25) is 0 Å². The summed E-state index contributed by atoms with van der Waals surface area (Å²) >= 11 is 3.43. The second-order valence-corrected chi connectivity index (χ2v) is 7.66. The zero-order chi connectivity index (χ0) is 18.3. The van der Waals surface area contributed by atoms with Crippen molar-refractivity contribution in [2.24, 2.45) is 0 Å². The number of aliphatic hydroxyl groups is 1. The minimum Gasteiger partial charge on any atom is -0.394 e. The molecule has 0 aromatic heterocycles. The largest absolute Gasteiger partial charge is 0.394 e. The summed E-state index contributed by atoms with van der Waals surface area (Å²) in [6.45, 7) is 0.472. The Morgan fingerprint density at radius 1 is 1.12 bits per heavy atom. The van der Waals surface area contributed by atoms with Gasteiger partial charge in [0, 0.05) is 22.5 Å². The molecule has 4 rings (SSSR count). The van der Waals surface area contributed by atoms with E-state index in [2.05, 4.69) is 15.9 Å². The lowest BCUT2D eigenvalue weighted by atomic mass is 9.73. The molecule has 2 aliphatic heterocycles. The van der Waals surface area contributed by atoms with Crippen LogP contribution in [0.25, 0.3) is 0 Å². The lowest BCUT2D eigenvalue weighted by molar-refractivity contribution is -0.159. The van der Waals surface area contributed by atoms with Crippen molar-refractivity contribution in [1.29, 1.82) is 0 Å². The standard InChI is InChI=1S/C20H19BrN2O3/c21-15-8-6-13(7-9-15)19-16-10-22(11-18(25)23(16)17(19)12-24)20(26)14-4-2-1-3-5-14/h1-9,16-17,19,24H,10-12H2/t16-,17+,19-/m0/s1. The lowest BCUT2D eigenvalue weighted by Gasteiger charge is -2.58. The quantitative estimate of drug-likeness (QED) is 0.837. The molecule has 2 amide bonds. The normalized spacial score (nSPS) is 24.8. The van der Waals surface area contributed by atoms with Gasteiger partial charge >= 0.3 is 0 Å². The van der Waals surface area contributed by atoms with E-state index < -0.39 is 0 Å².